The van der Waals surface area contributed by atoms with Crippen LogP contribution in [0.15, 0.2) is 28.8 Å². The van der Waals surface area contributed by atoms with Gasteiger partial charge >= 0.3 is 6.03 Å². The van der Waals surface area contributed by atoms with Crippen LogP contribution in [0.1, 0.15) is 17.3 Å². The van der Waals surface area contributed by atoms with Crippen LogP contribution in [-0.4, -0.2) is 35.9 Å². The summed E-state index contributed by atoms with van der Waals surface area (Å²) in [6.07, 6.45) is 0.508. The highest BCUT2D eigenvalue weighted by Crippen LogP contribution is 2.11. The highest BCUT2D eigenvalue weighted by Gasteiger charge is 2.04. The van der Waals surface area contributed by atoms with Gasteiger partial charge in [0.15, 0.2) is 5.82 Å². The van der Waals surface area contributed by atoms with Crippen LogP contribution >= 0.6 is 0 Å². The van der Waals surface area contributed by atoms with E-state index in [0.717, 1.165) is 11.3 Å². The molecule has 0 spiro atoms. The highest BCUT2D eigenvalue weighted by atomic mass is 16.5. The van der Waals surface area contributed by atoms with Crippen LogP contribution < -0.4 is 15.4 Å². The van der Waals surface area contributed by atoms with Crippen LogP contribution in [0.5, 0.6) is 5.75 Å². The normalized spacial score (nSPS) is 10.3. The van der Waals surface area contributed by atoms with E-state index in [4.69, 9.17) is 9.26 Å². The second-order valence-corrected chi connectivity index (χ2v) is 4.83. The van der Waals surface area contributed by atoms with Gasteiger partial charge in [0.25, 0.3) is 0 Å². The molecule has 0 aliphatic rings. The first-order valence-corrected chi connectivity index (χ1v) is 7.14. The Kier molecular flexibility index (Phi) is 5.76. The van der Waals surface area contributed by atoms with E-state index in [1.54, 1.807) is 6.92 Å². The highest BCUT2D eigenvalue weighted by molar-refractivity contribution is 5.73. The van der Waals surface area contributed by atoms with Crippen LogP contribution in [0.2, 0.25) is 0 Å². The van der Waals surface area contributed by atoms with Gasteiger partial charge in [-0.05, 0) is 31.5 Å². The monoisotopic (exact) mass is 304 g/mol. The lowest BCUT2D eigenvalue weighted by Crippen LogP contribution is -2.38. The third-order valence-corrected chi connectivity index (χ3v) is 2.84. The van der Waals surface area contributed by atoms with Gasteiger partial charge in [0.1, 0.15) is 12.4 Å². The van der Waals surface area contributed by atoms with E-state index < -0.39 is 0 Å². The smallest absolute Gasteiger partial charge is 0.314 e. The summed E-state index contributed by atoms with van der Waals surface area (Å²) >= 11 is 0. The largest absolute Gasteiger partial charge is 0.492 e. The number of urea groups is 1. The summed E-state index contributed by atoms with van der Waals surface area (Å²) in [4.78, 5) is 15.6. The van der Waals surface area contributed by atoms with Crippen LogP contribution in [0, 0.1) is 13.8 Å². The van der Waals surface area contributed by atoms with Crippen molar-refractivity contribution in [3.63, 3.8) is 0 Å². The second-order valence-electron chi connectivity index (χ2n) is 4.83. The molecule has 0 aliphatic carbocycles. The van der Waals surface area contributed by atoms with Gasteiger partial charge in [-0.3, -0.25) is 0 Å². The van der Waals surface area contributed by atoms with E-state index in [-0.39, 0.29) is 6.03 Å². The van der Waals surface area contributed by atoms with Gasteiger partial charge in [-0.2, -0.15) is 4.98 Å². The number of benzene rings is 1. The third kappa shape index (κ3) is 5.43. The fraction of sp³-hybridized carbons (Fsp3) is 0.400. The second kappa shape index (κ2) is 8.02. The molecular weight excluding hydrogens is 284 g/mol. The van der Waals surface area contributed by atoms with Crippen molar-refractivity contribution < 1.29 is 14.1 Å². The third-order valence-electron chi connectivity index (χ3n) is 2.84. The summed E-state index contributed by atoms with van der Waals surface area (Å²) in [7, 11) is 0. The molecule has 0 radical (unpaired) electrons. The number of nitrogens with zero attached hydrogens (tertiary/aromatic N) is 2. The summed E-state index contributed by atoms with van der Waals surface area (Å²) in [6, 6.07) is 7.53. The Balaban J connectivity index is 1.56. The molecule has 2 rings (SSSR count). The number of amides is 2. The van der Waals surface area contributed by atoms with Gasteiger partial charge in [0, 0.05) is 13.0 Å². The Hall–Kier alpha value is -2.57. The average Bonchev–Trinajstić information content (AvgIpc) is 2.89. The van der Waals surface area contributed by atoms with E-state index in [1.807, 2.05) is 31.2 Å². The van der Waals surface area contributed by atoms with Gasteiger partial charge < -0.3 is 19.9 Å². The number of carbonyl (C=O) groups excluding carboxylic acids is 1. The number of hydrogen-bond donors (Lipinski definition) is 2. The van der Waals surface area contributed by atoms with Crippen molar-refractivity contribution in [2.75, 3.05) is 19.7 Å². The van der Waals surface area contributed by atoms with E-state index >= 15 is 0 Å². The molecule has 7 heteroatoms. The SMILES string of the molecule is Cc1cccc(OCCNC(=O)NCCc2nc(C)no2)c1. The van der Waals surface area contributed by atoms with E-state index in [0.29, 0.717) is 37.8 Å². The van der Waals surface area contributed by atoms with E-state index in [2.05, 4.69) is 20.8 Å². The summed E-state index contributed by atoms with van der Waals surface area (Å²) in [5.74, 6) is 1.90. The summed E-state index contributed by atoms with van der Waals surface area (Å²) in [5, 5.41) is 9.11. The van der Waals surface area contributed by atoms with Crippen molar-refractivity contribution in [2.45, 2.75) is 20.3 Å². The maximum Gasteiger partial charge on any atom is 0.314 e. The number of hydrogen-bond acceptors (Lipinski definition) is 5. The summed E-state index contributed by atoms with van der Waals surface area (Å²) in [5.41, 5.74) is 1.14. The van der Waals surface area contributed by atoms with E-state index in [9.17, 15) is 4.79 Å². The minimum absolute atomic E-state index is 0.246. The lowest BCUT2D eigenvalue weighted by atomic mass is 10.2. The van der Waals surface area contributed by atoms with Crippen molar-refractivity contribution in [1.82, 2.24) is 20.8 Å². The number of ether oxygens (including phenoxy) is 1. The first-order valence-electron chi connectivity index (χ1n) is 7.14. The van der Waals surface area contributed by atoms with Crippen LogP contribution in [-0.2, 0) is 6.42 Å². The number of carbonyl (C=O) groups is 1. The van der Waals surface area contributed by atoms with Gasteiger partial charge in [0.05, 0.1) is 6.54 Å². The van der Waals surface area contributed by atoms with Crippen molar-refractivity contribution in [2.24, 2.45) is 0 Å². The van der Waals surface area contributed by atoms with Crippen molar-refractivity contribution in [3.05, 3.63) is 41.5 Å². The molecular formula is C15H20N4O3. The average molecular weight is 304 g/mol. The van der Waals surface area contributed by atoms with Crippen LogP contribution in [0.4, 0.5) is 4.79 Å². The topological polar surface area (TPSA) is 89.3 Å². The van der Waals surface area contributed by atoms with Gasteiger partial charge in [0.2, 0.25) is 5.89 Å². The molecule has 1 aromatic carbocycles. The van der Waals surface area contributed by atoms with Gasteiger partial charge in [-0.15, -0.1) is 0 Å². The molecule has 118 valence electrons. The maximum absolute atomic E-state index is 11.6. The van der Waals surface area contributed by atoms with Crippen LogP contribution in [0.25, 0.3) is 0 Å². The van der Waals surface area contributed by atoms with Crippen LogP contribution in [0.3, 0.4) is 0 Å². The molecule has 2 aromatic rings. The minimum Gasteiger partial charge on any atom is -0.492 e. The molecule has 0 saturated carbocycles. The zero-order valence-electron chi connectivity index (χ0n) is 12.8. The number of aromatic nitrogens is 2. The number of nitrogens with one attached hydrogen (secondary N) is 2. The van der Waals surface area contributed by atoms with Crippen molar-refractivity contribution in [1.29, 1.82) is 0 Å². The molecule has 0 unspecified atom stereocenters. The quantitative estimate of drug-likeness (QED) is 0.759. The first kappa shape index (κ1) is 15.8. The fourth-order valence-corrected chi connectivity index (χ4v) is 1.83. The molecule has 0 atom stereocenters. The summed E-state index contributed by atoms with van der Waals surface area (Å²) in [6.45, 7) is 5.04. The first-order chi connectivity index (χ1) is 10.6. The molecule has 1 heterocycles. The molecule has 0 bridgehead atoms. The molecule has 2 amide bonds. The number of rotatable bonds is 7. The Morgan fingerprint density at radius 3 is 2.82 bits per heavy atom. The Bertz CT molecular complexity index is 612. The molecule has 0 aliphatic heterocycles. The minimum atomic E-state index is -0.246. The maximum atomic E-state index is 11.6. The standard InChI is InChI=1S/C15H20N4O3/c1-11-4-3-5-13(10-11)21-9-8-17-15(20)16-7-6-14-18-12(2)19-22-14/h3-5,10H,6-9H2,1-2H3,(H2,16,17,20). The Labute approximate surface area is 129 Å². The predicted octanol–water partition coefficient (Wildman–Crippen LogP) is 1.61. The van der Waals surface area contributed by atoms with Gasteiger partial charge in [-0.25, -0.2) is 4.79 Å². The molecule has 0 saturated heterocycles. The Morgan fingerprint density at radius 1 is 1.27 bits per heavy atom. The zero-order valence-corrected chi connectivity index (χ0v) is 12.8. The molecule has 0 fully saturated rings. The molecule has 22 heavy (non-hydrogen) atoms. The lowest BCUT2D eigenvalue weighted by Gasteiger charge is -2.09. The van der Waals surface area contributed by atoms with Gasteiger partial charge in [-0.1, -0.05) is 17.3 Å². The summed E-state index contributed by atoms with van der Waals surface area (Å²) < 4.78 is 10.5. The van der Waals surface area contributed by atoms with Crippen molar-refractivity contribution >= 4 is 6.03 Å². The zero-order chi connectivity index (χ0) is 15.8. The molecule has 7 nitrogen and oxygen atoms in total. The van der Waals surface area contributed by atoms with E-state index in [1.165, 1.54) is 0 Å². The Morgan fingerprint density at radius 2 is 2.09 bits per heavy atom. The number of aryl methyl sites for hydroxylation is 2. The van der Waals surface area contributed by atoms with Crippen molar-refractivity contribution in [3.8, 4) is 5.75 Å². The molecule has 2 N–H and O–H groups in total. The lowest BCUT2D eigenvalue weighted by molar-refractivity contribution is 0.236. The molecule has 1 aromatic heterocycles. The predicted molar refractivity (Wildman–Crippen MR) is 80.8 cm³/mol. The fourth-order valence-electron chi connectivity index (χ4n) is 1.83.